The monoisotopic (exact) mass is 471 g/mol. The molecular weight excluding hydrogens is 446 g/mol. The lowest BCUT2D eigenvalue weighted by Gasteiger charge is -2.13. The van der Waals surface area contributed by atoms with Crippen molar-refractivity contribution in [3.8, 4) is 17.2 Å². The van der Waals surface area contributed by atoms with Crippen LogP contribution in [0.25, 0.3) is 5.69 Å². The van der Waals surface area contributed by atoms with Crippen molar-refractivity contribution in [1.29, 1.82) is 0 Å². The molecular formula is C23H26BrN3O3. The Balaban J connectivity index is 1.71. The number of hydrogen-bond acceptors (Lipinski definition) is 5. The Kier molecular flexibility index (Phi) is 7.52. The summed E-state index contributed by atoms with van der Waals surface area (Å²) in [6.07, 6.45) is 4.03. The minimum absolute atomic E-state index is 0.180. The molecule has 0 unspecified atom stereocenters. The minimum Gasteiger partial charge on any atom is -0.490 e. The second-order valence-electron chi connectivity index (χ2n) is 6.71. The number of anilines is 1. The molecule has 0 radical (unpaired) electrons. The van der Waals surface area contributed by atoms with Gasteiger partial charge in [-0.3, -0.25) is 9.36 Å². The zero-order valence-electron chi connectivity index (χ0n) is 17.4. The molecule has 0 saturated carbocycles. The molecule has 0 saturated heterocycles. The smallest absolute Gasteiger partial charge is 0.297 e. The quantitative estimate of drug-likeness (QED) is 0.487. The SMILES string of the molecule is CCOc1ccc(CCNc2nccn(-c3ccc(Br)c(C)c3)c2=O)cc1OCC. The van der Waals surface area contributed by atoms with Crippen molar-refractivity contribution in [3.63, 3.8) is 0 Å². The number of hydrogen-bond donors (Lipinski definition) is 1. The molecule has 1 heterocycles. The van der Waals surface area contributed by atoms with Crippen LogP contribution in [-0.2, 0) is 6.42 Å². The van der Waals surface area contributed by atoms with Gasteiger partial charge in [0.15, 0.2) is 17.3 Å². The summed E-state index contributed by atoms with van der Waals surface area (Å²) in [5.41, 5.74) is 2.78. The van der Waals surface area contributed by atoms with Crippen LogP contribution in [0.3, 0.4) is 0 Å². The second-order valence-corrected chi connectivity index (χ2v) is 7.56. The summed E-state index contributed by atoms with van der Waals surface area (Å²) in [5, 5.41) is 3.16. The average molecular weight is 472 g/mol. The lowest BCUT2D eigenvalue weighted by atomic mass is 10.1. The summed E-state index contributed by atoms with van der Waals surface area (Å²) in [6, 6.07) is 11.7. The molecule has 0 aliphatic heterocycles. The molecule has 0 spiro atoms. The molecule has 30 heavy (non-hydrogen) atoms. The highest BCUT2D eigenvalue weighted by Crippen LogP contribution is 2.28. The first kappa shape index (κ1) is 21.9. The van der Waals surface area contributed by atoms with E-state index in [0.29, 0.717) is 25.6 Å². The maximum Gasteiger partial charge on any atom is 0.297 e. The third-order valence-electron chi connectivity index (χ3n) is 4.57. The van der Waals surface area contributed by atoms with E-state index in [9.17, 15) is 4.79 Å². The van der Waals surface area contributed by atoms with E-state index in [1.165, 1.54) is 0 Å². The number of nitrogens with zero attached hydrogens (tertiary/aromatic N) is 2. The number of nitrogens with one attached hydrogen (secondary N) is 1. The molecule has 3 aromatic rings. The van der Waals surface area contributed by atoms with Gasteiger partial charge in [0.25, 0.3) is 5.56 Å². The molecule has 0 aliphatic carbocycles. The standard InChI is InChI=1S/C23H26BrN3O3/c1-4-29-20-9-6-17(15-21(20)30-5-2)10-11-25-22-23(28)27(13-12-26-22)18-7-8-19(24)16(3)14-18/h6-9,12-15H,4-5,10-11H2,1-3H3,(H,25,26). The van der Waals surface area contributed by atoms with Gasteiger partial charge in [0.2, 0.25) is 0 Å². The van der Waals surface area contributed by atoms with Gasteiger partial charge in [-0.1, -0.05) is 22.0 Å². The Labute approximate surface area is 185 Å². The van der Waals surface area contributed by atoms with Crippen molar-refractivity contribution in [3.05, 3.63) is 74.7 Å². The van der Waals surface area contributed by atoms with E-state index in [2.05, 4.69) is 26.2 Å². The first-order chi connectivity index (χ1) is 14.5. The van der Waals surface area contributed by atoms with E-state index in [0.717, 1.165) is 39.2 Å². The zero-order chi connectivity index (χ0) is 21.5. The number of halogens is 1. The van der Waals surface area contributed by atoms with E-state index >= 15 is 0 Å². The van der Waals surface area contributed by atoms with Crippen LogP contribution in [0.15, 0.2) is 58.1 Å². The van der Waals surface area contributed by atoms with E-state index in [1.807, 2.05) is 57.2 Å². The Morgan fingerprint density at radius 1 is 1.07 bits per heavy atom. The van der Waals surface area contributed by atoms with E-state index in [1.54, 1.807) is 17.0 Å². The maximum absolute atomic E-state index is 12.9. The molecule has 2 aromatic carbocycles. The van der Waals surface area contributed by atoms with Gasteiger partial charge >= 0.3 is 0 Å². The topological polar surface area (TPSA) is 65.4 Å². The predicted molar refractivity (Wildman–Crippen MR) is 123 cm³/mol. The fraction of sp³-hybridized carbons (Fsp3) is 0.304. The molecule has 6 nitrogen and oxygen atoms in total. The second kappa shape index (κ2) is 10.3. The van der Waals surface area contributed by atoms with Crippen molar-refractivity contribution in [1.82, 2.24) is 9.55 Å². The van der Waals surface area contributed by atoms with Crippen LogP contribution in [0, 0.1) is 6.92 Å². The highest BCUT2D eigenvalue weighted by Gasteiger charge is 2.09. The summed E-state index contributed by atoms with van der Waals surface area (Å²) in [4.78, 5) is 17.1. The third-order valence-corrected chi connectivity index (χ3v) is 5.46. The fourth-order valence-corrected chi connectivity index (χ4v) is 3.34. The summed E-state index contributed by atoms with van der Waals surface area (Å²) < 4.78 is 13.9. The predicted octanol–water partition coefficient (Wildman–Crippen LogP) is 4.76. The third kappa shape index (κ3) is 5.21. The molecule has 7 heteroatoms. The lowest BCUT2D eigenvalue weighted by molar-refractivity contribution is 0.287. The van der Waals surface area contributed by atoms with Crippen LogP contribution in [0.1, 0.15) is 25.0 Å². The normalized spacial score (nSPS) is 10.7. The first-order valence-corrected chi connectivity index (χ1v) is 10.8. The Hall–Kier alpha value is -2.80. The van der Waals surface area contributed by atoms with Crippen LogP contribution in [0.2, 0.25) is 0 Å². The van der Waals surface area contributed by atoms with Crippen molar-refractivity contribution < 1.29 is 9.47 Å². The van der Waals surface area contributed by atoms with Gasteiger partial charge in [-0.25, -0.2) is 4.98 Å². The summed E-state index contributed by atoms with van der Waals surface area (Å²) in [6.45, 7) is 7.62. The largest absolute Gasteiger partial charge is 0.490 e. The van der Waals surface area contributed by atoms with Gasteiger partial charge < -0.3 is 14.8 Å². The molecule has 158 valence electrons. The Bertz CT molecular complexity index is 1070. The summed E-state index contributed by atoms with van der Waals surface area (Å²) in [7, 11) is 0. The van der Waals surface area contributed by atoms with Gasteiger partial charge in [0.1, 0.15) is 0 Å². The number of ether oxygens (including phenoxy) is 2. The van der Waals surface area contributed by atoms with Crippen molar-refractivity contribution in [2.24, 2.45) is 0 Å². The Morgan fingerprint density at radius 2 is 1.83 bits per heavy atom. The van der Waals surface area contributed by atoms with Crippen LogP contribution >= 0.6 is 15.9 Å². The number of rotatable bonds is 9. The van der Waals surface area contributed by atoms with Gasteiger partial charge in [-0.15, -0.1) is 0 Å². The highest BCUT2D eigenvalue weighted by molar-refractivity contribution is 9.10. The van der Waals surface area contributed by atoms with E-state index in [4.69, 9.17) is 9.47 Å². The highest BCUT2D eigenvalue weighted by atomic mass is 79.9. The summed E-state index contributed by atoms with van der Waals surface area (Å²) in [5.74, 6) is 1.81. The molecule has 1 aromatic heterocycles. The Morgan fingerprint density at radius 3 is 2.57 bits per heavy atom. The zero-order valence-corrected chi connectivity index (χ0v) is 19.0. The van der Waals surface area contributed by atoms with Crippen LogP contribution in [0.4, 0.5) is 5.82 Å². The van der Waals surface area contributed by atoms with Crippen LogP contribution < -0.4 is 20.3 Å². The van der Waals surface area contributed by atoms with E-state index in [-0.39, 0.29) is 5.56 Å². The van der Waals surface area contributed by atoms with Crippen LogP contribution in [0.5, 0.6) is 11.5 Å². The molecule has 0 amide bonds. The number of aromatic nitrogens is 2. The fourth-order valence-electron chi connectivity index (χ4n) is 3.09. The molecule has 1 N–H and O–H groups in total. The molecule has 3 rings (SSSR count). The maximum atomic E-state index is 12.9. The van der Waals surface area contributed by atoms with Gasteiger partial charge in [0.05, 0.1) is 13.2 Å². The van der Waals surface area contributed by atoms with Gasteiger partial charge in [-0.2, -0.15) is 0 Å². The molecule has 0 bridgehead atoms. The summed E-state index contributed by atoms with van der Waals surface area (Å²) >= 11 is 3.49. The van der Waals surface area contributed by atoms with Gasteiger partial charge in [0, 0.05) is 29.1 Å². The molecule has 0 fully saturated rings. The number of aryl methyl sites for hydroxylation is 1. The van der Waals surface area contributed by atoms with Crippen LogP contribution in [-0.4, -0.2) is 29.3 Å². The molecule has 0 atom stereocenters. The van der Waals surface area contributed by atoms with Crippen molar-refractivity contribution in [2.45, 2.75) is 27.2 Å². The van der Waals surface area contributed by atoms with E-state index < -0.39 is 0 Å². The first-order valence-electron chi connectivity index (χ1n) is 10.00. The minimum atomic E-state index is -0.180. The molecule has 0 aliphatic rings. The van der Waals surface area contributed by atoms with Gasteiger partial charge in [-0.05, 0) is 68.7 Å². The van der Waals surface area contributed by atoms with Crippen molar-refractivity contribution in [2.75, 3.05) is 25.1 Å². The number of benzene rings is 2. The lowest BCUT2D eigenvalue weighted by Crippen LogP contribution is -2.24. The average Bonchev–Trinajstić information content (AvgIpc) is 2.73. The van der Waals surface area contributed by atoms with Crippen molar-refractivity contribution >= 4 is 21.7 Å².